The van der Waals surface area contributed by atoms with E-state index in [2.05, 4.69) is 31.1 Å². The van der Waals surface area contributed by atoms with E-state index in [4.69, 9.17) is 5.73 Å². The number of rotatable bonds is 9. The van der Waals surface area contributed by atoms with Gasteiger partial charge in [0.1, 0.15) is 0 Å². The van der Waals surface area contributed by atoms with E-state index >= 15 is 0 Å². The van der Waals surface area contributed by atoms with Gasteiger partial charge < -0.3 is 5.73 Å². The molecule has 0 bridgehead atoms. The average Bonchev–Trinajstić information content (AvgIpc) is 3.43. The molecule has 8 saturated carbocycles. The fraction of sp³-hybridized carbons (Fsp3) is 1.00. The van der Waals surface area contributed by atoms with Crippen LogP contribution in [0.2, 0.25) is 0 Å². The molecule has 8 fully saturated rings. The molecule has 8 rings (SSSR count). The second kappa shape index (κ2) is 4.02. The number of fused-ring (bicyclic) bond motifs is 3. The highest BCUT2D eigenvalue weighted by atomic mass is 16.3. The van der Waals surface area contributed by atoms with Gasteiger partial charge in [-0.15, -0.1) is 0 Å². The smallest absolute Gasteiger partial charge is 0.0990 e. The number of nitrogens with zero attached hydrogens (tertiary/aromatic N) is 2. The lowest BCUT2D eigenvalue weighted by atomic mass is 9.81. The van der Waals surface area contributed by atoms with Gasteiger partial charge >= 0.3 is 0 Å². The molecule has 0 aromatic rings. The Kier molecular flexibility index (Phi) is 2.29. The highest BCUT2D eigenvalue weighted by Gasteiger charge is 3.06. The van der Waals surface area contributed by atoms with Crippen LogP contribution in [0.15, 0.2) is 10.4 Å². The zero-order valence-electron chi connectivity index (χ0n) is 17.1. The molecule has 0 saturated heterocycles. The largest absolute Gasteiger partial charge is 0.327 e. The SMILES string of the molecule is CC(C)C1C2C3C(C(N=O)C4C5C(C(C)C(N)C6C7C8C(C(C)N=O)C687)C45)C123. The van der Waals surface area contributed by atoms with Crippen molar-refractivity contribution in [2.24, 2.45) is 110 Å². The van der Waals surface area contributed by atoms with Crippen molar-refractivity contribution in [1.29, 1.82) is 0 Å². The lowest BCUT2D eigenvalue weighted by molar-refractivity contribution is 0.239. The molecule has 16 unspecified atom stereocenters. The van der Waals surface area contributed by atoms with E-state index in [1.165, 1.54) is 0 Å². The minimum absolute atomic E-state index is 0.0165. The second-order valence-corrected chi connectivity index (χ2v) is 12.6. The molecule has 5 heteroatoms. The Morgan fingerprint density at radius 3 is 1.89 bits per heavy atom. The lowest BCUT2D eigenvalue weighted by Crippen LogP contribution is -2.37. The van der Waals surface area contributed by atoms with E-state index in [9.17, 15) is 9.81 Å². The van der Waals surface area contributed by atoms with Crippen LogP contribution >= 0.6 is 0 Å². The summed E-state index contributed by atoms with van der Waals surface area (Å²) < 4.78 is 0. The molecule has 2 N–H and O–H groups in total. The molecule has 0 aromatic heterocycles. The molecule has 0 heterocycles. The van der Waals surface area contributed by atoms with Gasteiger partial charge in [-0.3, -0.25) is 0 Å². The van der Waals surface area contributed by atoms with Crippen LogP contribution < -0.4 is 5.73 Å². The van der Waals surface area contributed by atoms with Gasteiger partial charge in [0.25, 0.3) is 0 Å². The summed E-state index contributed by atoms with van der Waals surface area (Å²) in [7, 11) is 0. The molecule has 0 aliphatic heterocycles. The summed E-state index contributed by atoms with van der Waals surface area (Å²) in [5, 5.41) is 6.95. The van der Waals surface area contributed by atoms with Gasteiger partial charge in [-0.1, -0.05) is 31.1 Å². The predicted molar refractivity (Wildman–Crippen MR) is 104 cm³/mol. The average molecular weight is 382 g/mol. The summed E-state index contributed by atoms with van der Waals surface area (Å²) in [5.41, 5.74) is 7.78. The zero-order chi connectivity index (χ0) is 19.2. The van der Waals surface area contributed by atoms with Gasteiger partial charge in [-0.25, -0.2) is 0 Å². The summed E-state index contributed by atoms with van der Waals surface area (Å²) in [4.78, 5) is 22.6. The summed E-state index contributed by atoms with van der Waals surface area (Å²) in [6, 6.07) is 0.402. The van der Waals surface area contributed by atoms with Gasteiger partial charge in [0.05, 0.1) is 12.1 Å². The molecule has 28 heavy (non-hydrogen) atoms. The highest BCUT2D eigenvalue weighted by molar-refractivity contribution is 5.52. The predicted octanol–water partition coefficient (Wildman–Crippen LogP) is 3.37. The maximum absolute atomic E-state index is 11.7. The minimum Gasteiger partial charge on any atom is -0.327 e. The summed E-state index contributed by atoms with van der Waals surface area (Å²) >= 11 is 0. The van der Waals surface area contributed by atoms with Crippen molar-refractivity contribution in [3.8, 4) is 0 Å². The summed E-state index contributed by atoms with van der Waals surface area (Å²) in [6.07, 6.45) is 0. The molecule has 150 valence electrons. The van der Waals surface area contributed by atoms with Crippen molar-refractivity contribution in [3.05, 3.63) is 9.81 Å². The topological polar surface area (TPSA) is 84.9 Å². The minimum atomic E-state index is -0.0165. The molecule has 16 atom stereocenters. The van der Waals surface area contributed by atoms with Crippen LogP contribution in [0.1, 0.15) is 27.7 Å². The molecule has 2 spiro atoms. The van der Waals surface area contributed by atoms with Gasteiger partial charge in [0, 0.05) is 6.04 Å². The van der Waals surface area contributed by atoms with Crippen LogP contribution in [0.25, 0.3) is 0 Å². The Balaban J connectivity index is 0.893. The van der Waals surface area contributed by atoms with E-state index in [0.717, 1.165) is 53.3 Å². The normalized spacial score (nSPS) is 69.9. The van der Waals surface area contributed by atoms with E-state index < -0.39 is 0 Å². The monoisotopic (exact) mass is 381 g/mol. The quantitative estimate of drug-likeness (QED) is 0.621. The number of hydrogen-bond acceptors (Lipinski definition) is 5. The second-order valence-electron chi connectivity index (χ2n) is 12.6. The van der Waals surface area contributed by atoms with Crippen LogP contribution in [-0.4, -0.2) is 18.1 Å². The number of hydrogen-bond donors (Lipinski definition) is 1. The van der Waals surface area contributed by atoms with Crippen LogP contribution in [-0.2, 0) is 0 Å². The molecule has 8 aliphatic rings. The van der Waals surface area contributed by atoms with Gasteiger partial charge in [-0.05, 0) is 101 Å². The Bertz CT molecular complexity index is 851. The first-order valence-electron chi connectivity index (χ1n) is 11.8. The van der Waals surface area contributed by atoms with E-state index in [0.29, 0.717) is 40.4 Å². The Hall–Kier alpha value is -0.840. The molecule has 0 aromatic carbocycles. The summed E-state index contributed by atoms with van der Waals surface area (Å²) in [5.74, 6) is 10.5. The fourth-order valence-electron chi connectivity index (χ4n) is 10.8. The maximum Gasteiger partial charge on any atom is 0.0990 e. The molecular formula is C23H31N3O2. The van der Waals surface area contributed by atoms with Crippen molar-refractivity contribution in [1.82, 2.24) is 0 Å². The third kappa shape index (κ3) is 1.28. The standard InChI is InChI=1S/C23H31N3O2/c1-5(2)12-14-17-19(22(12,14)17)21(26-28)11-9-8(10(9)11)6(3)20(24)18-16-15-13(7(4)25-27)23(15,16)18/h5-21H,24H2,1-4H3. The molecule has 8 aliphatic carbocycles. The fourth-order valence-corrected chi connectivity index (χ4v) is 10.8. The van der Waals surface area contributed by atoms with Crippen LogP contribution in [0.5, 0.6) is 0 Å². The van der Waals surface area contributed by atoms with Crippen LogP contribution in [0.3, 0.4) is 0 Å². The van der Waals surface area contributed by atoms with Crippen molar-refractivity contribution in [2.45, 2.75) is 45.8 Å². The number of nitrogens with two attached hydrogens (primary N) is 1. The first-order valence-corrected chi connectivity index (χ1v) is 11.8. The highest BCUT2D eigenvalue weighted by Crippen LogP contribution is 3.06. The first-order chi connectivity index (χ1) is 13.4. The van der Waals surface area contributed by atoms with Gasteiger partial charge in [0.15, 0.2) is 0 Å². The first kappa shape index (κ1) is 15.9. The lowest BCUT2D eigenvalue weighted by Gasteiger charge is -2.28. The van der Waals surface area contributed by atoms with Crippen molar-refractivity contribution in [2.75, 3.05) is 0 Å². The molecule has 5 nitrogen and oxygen atoms in total. The van der Waals surface area contributed by atoms with Crippen LogP contribution in [0, 0.1) is 103 Å². The molecule has 0 radical (unpaired) electrons. The Morgan fingerprint density at radius 2 is 1.32 bits per heavy atom. The van der Waals surface area contributed by atoms with Crippen molar-refractivity contribution < 1.29 is 0 Å². The van der Waals surface area contributed by atoms with Gasteiger partial charge in [0.2, 0.25) is 0 Å². The van der Waals surface area contributed by atoms with Crippen molar-refractivity contribution >= 4 is 0 Å². The number of nitroso groups, excluding NO2 is 2. The Labute approximate surface area is 165 Å². The maximum atomic E-state index is 11.7. The Morgan fingerprint density at radius 1 is 0.750 bits per heavy atom. The zero-order valence-corrected chi connectivity index (χ0v) is 17.1. The summed E-state index contributed by atoms with van der Waals surface area (Å²) in [6.45, 7) is 9.02. The van der Waals surface area contributed by atoms with E-state index in [1.807, 2.05) is 6.92 Å². The molecular weight excluding hydrogens is 350 g/mol. The molecule has 0 amide bonds. The van der Waals surface area contributed by atoms with E-state index in [-0.39, 0.29) is 18.1 Å². The third-order valence-electron chi connectivity index (χ3n) is 12.1. The van der Waals surface area contributed by atoms with Crippen molar-refractivity contribution in [3.63, 3.8) is 0 Å². The van der Waals surface area contributed by atoms with E-state index in [1.54, 1.807) is 0 Å². The van der Waals surface area contributed by atoms with Crippen LogP contribution in [0.4, 0.5) is 0 Å². The van der Waals surface area contributed by atoms with Gasteiger partial charge in [-0.2, -0.15) is 9.81 Å². The third-order valence-corrected chi connectivity index (χ3v) is 12.1.